The Kier molecular flexibility index (Phi) is 6.79. The molecule has 2 aromatic carbocycles. The lowest BCUT2D eigenvalue weighted by Crippen LogP contribution is -2.27. The largest absolute Gasteiger partial charge is 0.497 e. The number of carbonyl (C=O) groups is 2. The molecule has 3 rings (SSSR count). The number of anilines is 1. The first-order valence-electron chi connectivity index (χ1n) is 9.94. The van der Waals surface area contributed by atoms with E-state index in [1.807, 2.05) is 55.4 Å². The van der Waals surface area contributed by atoms with Crippen LogP contribution in [-0.4, -0.2) is 56.0 Å². The molecule has 0 unspecified atom stereocenters. The molecule has 0 spiro atoms. The van der Waals surface area contributed by atoms with E-state index in [0.717, 1.165) is 16.8 Å². The Morgan fingerprint density at radius 1 is 1.10 bits per heavy atom. The highest BCUT2D eigenvalue weighted by molar-refractivity contribution is 6.04. The van der Waals surface area contributed by atoms with Crippen molar-refractivity contribution in [1.29, 1.82) is 0 Å². The number of aliphatic carboxylic acids is 1. The Bertz CT molecular complexity index is 980. The molecule has 164 valence electrons. The zero-order valence-electron chi connectivity index (χ0n) is 18.2. The number of carboxylic acid groups (broad SMARTS) is 1. The third kappa shape index (κ3) is 5.14. The van der Waals surface area contributed by atoms with Crippen LogP contribution in [0, 0.1) is 0 Å². The van der Waals surface area contributed by atoms with Crippen LogP contribution in [0.3, 0.4) is 0 Å². The maximum absolute atomic E-state index is 12.9. The van der Waals surface area contributed by atoms with Gasteiger partial charge in [-0.2, -0.15) is 5.10 Å². The number of carboxylic acids is 1. The van der Waals surface area contributed by atoms with Crippen LogP contribution in [0.2, 0.25) is 0 Å². The van der Waals surface area contributed by atoms with E-state index in [9.17, 15) is 9.59 Å². The third-order valence-corrected chi connectivity index (χ3v) is 5.17. The monoisotopic (exact) mass is 425 g/mol. The molecule has 0 aromatic heterocycles. The molecule has 8 nitrogen and oxygen atoms in total. The summed E-state index contributed by atoms with van der Waals surface area (Å²) in [5, 5.41) is 15.0. The number of benzene rings is 2. The number of ether oxygens (including phenoxy) is 2. The fraction of sp³-hybridized carbons (Fsp3) is 0.348. The molecule has 0 aliphatic carbocycles. The molecular weight excluding hydrogens is 398 g/mol. The molecule has 31 heavy (non-hydrogen) atoms. The van der Waals surface area contributed by atoms with Gasteiger partial charge in [-0.05, 0) is 29.8 Å². The molecule has 1 N–H and O–H groups in total. The van der Waals surface area contributed by atoms with Crippen molar-refractivity contribution in [3.05, 3.63) is 53.6 Å². The normalized spacial score (nSPS) is 15.4. The fourth-order valence-electron chi connectivity index (χ4n) is 3.49. The van der Waals surface area contributed by atoms with Gasteiger partial charge < -0.3 is 19.5 Å². The molecular formula is C23H27N3O5. The molecule has 0 saturated heterocycles. The van der Waals surface area contributed by atoms with E-state index in [2.05, 4.69) is 5.10 Å². The highest BCUT2D eigenvalue weighted by Gasteiger charge is 2.33. The minimum Gasteiger partial charge on any atom is -0.497 e. The number of amides is 1. The van der Waals surface area contributed by atoms with Gasteiger partial charge in [0.15, 0.2) is 0 Å². The molecule has 0 saturated carbocycles. The smallest absolute Gasteiger partial charge is 0.303 e. The second kappa shape index (κ2) is 9.51. The van der Waals surface area contributed by atoms with Crippen molar-refractivity contribution in [2.24, 2.45) is 5.10 Å². The van der Waals surface area contributed by atoms with Crippen LogP contribution in [0.4, 0.5) is 5.69 Å². The Hall–Kier alpha value is -3.55. The van der Waals surface area contributed by atoms with Crippen molar-refractivity contribution in [3.63, 3.8) is 0 Å². The predicted molar refractivity (Wildman–Crippen MR) is 118 cm³/mol. The van der Waals surface area contributed by atoms with Crippen LogP contribution in [0.5, 0.6) is 11.5 Å². The van der Waals surface area contributed by atoms with Gasteiger partial charge in [-0.1, -0.05) is 12.1 Å². The highest BCUT2D eigenvalue weighted by atomic mass is 16.5. The summed E-state index contributed by atoms with van der Waals surface area (Å²) in [6.45, 7) is 0. The summed E-state index contributed by atoms with van der Waals surface area (Å²) in [7, 11) is 7.06. The van der Waals surface area contributed by atoms with E-state index >= 15 is 0 Å². The van der Waals surface area contributed by atoms with Crippen LogP contribution in [0.25, 0.3) is 0 Å². The van der Waals surface area contributed by atoms with Crippen molar-refractivity contribution < 1.29 is 24.2 Å². The molecule has 1 amide bonds. The van der Waals surface area contributed by atoms with E-state index in [-0.39, 0.29) is 24.8 Å². The van der Waals surface area contributed by atoms with Gasteiger partial charge in [0.2, 0.25) is 5.91 Å². The average Bonchev–Trinajstić information content (AvgIpc) is 3.22. The number of nitrogens with zero attached hydrogens (tertiary/aromatic N) is 3. The van der Waals surface area contributed by atoms with Gasteiger partial charge in [-0.3, -0.25) is 9.59 Å². The van der Waals surface area contributed by atoms with Gasteiger partial charge in [0.05, 0.1) is 32.4 Å². The maximum Gasteiger partial charge on any atom is 0.303 e. The van der Waals surface area contributed by atoms with Crippen LogP contribution in [0.1, 0.15) is 36.4 Å². The summed E-state index contributed by atoms with van der Waals surface area (Å²) in [6, 6.07) is 13.0. The van der Waals surface area contributed by atoms with E-state index in [4.69, 9.17) is 14.6 Å². The predicted octanol–water partition coefficient (Wildman–Crippen LogP) is 3.31. The Balaban J connectivity index is 1.99. The summed E-state index contributed by atoms with van der Waals surface area (Å²) >= 11 is 0. The van der Waals surface area contributed by atoms with Gasteiger partial charge in [0.1, 0.15) is 11.5 Å². The number of hydrogen-bond acceptors (Lipinski definition) is 6. The Labute approximate surface area is 181 Å². The first kappa shape index (κ1) is 22.1. The van der Waals surface area contributed by atoms with Crippen molar-refractivity contribution in [1.82, 2.24) is 5.01 Å². The van der Waals surface area contributed by atoms with Crippen LogP contribution in [0.15, 0.2) is 47.6 Å². The molecule has 1 aliphatic rings. The van der Waals surface area contributed by atoms with E-state index in [0.29, 0.717) is 23.6 Å². The standard InChI is InChI=1S/C23H27N3O5/c1-25(2)17-7-5-6-15(10-17)21-14-20(24-26(21)22(27)8-9-23(28)29)16-11-18(30-3)13-19(12-16)31-4/h5-7,10-13,21H,8-9,14H2,1-4H3,(H,28,29)/t21-/m0/s1. The quantitative estimate of drug-likeness (QED) is 0.698. The number of methoxy groups -OCH3 is 2. The van der Waals surface area contributed by atoms with Crippen LogP contribution < -0.4 is 14.4 Å². The fourth-order valence-corrected chi connectivity index (χ4v) is 3.49. The topological polar surface area (TPSA) is 91.7 Å². The van der Waals surface area contributed by atoms with E-state index < -0.39 is 5.97 Å². The summed E-state index contributed by atoms with van der Waals surface area (Å²) in [6.07, 6.45) is 0.140. The second-order valence-corrected chi connectivity index (χ2v) is 7.49. The molecule has 8 heteroatoms. The molecule has 1 atom stereocenters. The average molecular weight is 425 g/mol. The Morgan fingerprint density at radius 3 is 2.35 bits per heavy atom. The van der Waals surface area contributed by atoms with Crippen molar-refractivity contribution in [2.45, 2.75) is 25.3 Å². The summed E-state index contributed by atoms with van der Waals surface area (Å²) in [5.74, 6) is -0.0920. The minimum atomic E-state index is -1.01. The van der Waals surface area contributed by atoms with Crippen LogP contribution >= 0.6 is 0 Å². The lowest BCUT2D eigenvalue weighted by Gasteiger charge is -2.23. The number of rotatable bonds is 8. The van der Waals surface area contributed by atoms with Gasteiger partial charge >= 0.3 is 5.97 Å². The minimum absolute atomic E-state index is 0.114. The summed E-state index contributed by atoms with van der Waals surface area (Å²) in [4.78, 5) is 25.8. The van der Waals surface area contributed by atoms with Gasteiger partial charge in [0, 0.05) is 44.3 Å². The number of carbonyl (C=O) groups excluding carboxylic acids is 1. The van der Waals surface area contributed by atoms with Crippen LogP contribution in [-0.2, 0) is 9.59 Å². The first-order valence-corrected chi connectivity index (χ1v) is 9.94. The highest BCUT2D eigenvalue weighted by Crippen LogP contribution is 2.36. The van der Waals surface area contributed by atoms with Gasteiger partial charge in [0.25, 0.3) is 0 Å². The zero-order chi connectivity index (χ0) is 22.5. The van der Waals surface area contributed by atoms with Crippen molar-refractivity contribution in [3.8, 4) is 11.5 Å². The van der Waals surface area contributed by atoms with Gasteiger partial charge in [-0.25, -0.2) is 5.01 Å². The first-order chi connectivity index (χ1) is 14.8. The molecule has 0 bridgehead atoms. The zero-order valence-corrected chi connectivity index (χ0v) is 18.2. The third-order valence-electron chi connectivity index (χ3n) is 5.17. The van der Waals surface area contributed by atoms with Gasteiger partial charge in [-0.15, -0.1) is 0 Å². The summed E-state index contributed by atoms with van der Waals surface area (Å²) < 4.78 is 10.7. The molecule has 1 aliphatic heterocycles. The lowest BCUT2D eigenvalue weighted by molar-refractivity contribution is -0.141. The molecule has 0 radical (unpaired) electrons. The van der Waals surface area contributed by atoms with Crippen molar-refractivity contribution in [2.75, 3.05) is 33.2 Å². The number of hydrazone groups is 1. The second-order valence-electron chi connectivity index (χ2n) is 7.49. The molecule has 0 fully saturated rings. The SMILES string of the molecule is COc1cc(OC)cc(C2=NN(C(=O)CCC(=O)O)[C@H](c3cccc(N(C)C)c3)C2)c1. The number of hydrogen-bond donors (Lipinski definition) is 1. The molecule has 1 heterocycles. The van der Waals surface area contributed by atoms with Crippen molar-refractivity contribution >= 4 is 23.3 Å². The molecule has 2 aromatic rings. The van der Waals surface area contributed by atoms with E-state index in [1.54, 1.807) is 20.3 Å². The summed E-state index contributed by atoms with van der Waals surface area (Å²) in [5.41, 5.74) is 3.44. The Morgan fingerprint density at radius 2 is 1.77 bits per heavy atom. The lowest BCUT2D eigenvalue weighted by atomic mass is 9.97. The van der Waals surface area contributed by atoms with E-state index in [1.165, 1.54) is 5.01 Å². The maximum atomic E-state index is 12.9.